The number of carbonyl (C=O) groups excluding carboxylic acids is 3. The summed E-state index contributed by atoms with van der Waals surface area (Å²) in [6.45, 7) is 2.71. The molecule has 4 rings (SSSR count). The molecule has 1 aliphatic carbocycles. The summed E-state index contributed by atoms with van der Waals surface area (Å²) in [6, 6.07) is 6.72. The van der Waals surface area contributed by atoms with Gasteiger partial charge in [-0.3, -0.25) is 24.2 Å². The summed E-state index contributed by atoms with van der Waals surface area (Å²) in [4.78, 5) is 42.8. The van der Waals surface area contributed by atoms with Gasteiger partial charge in [0.05, 0.1) is 11.8 Å². The normalized spacial score (nSPS) is 25.9. The van der Waals surface area contributed by atoms with Crippen LogP contribution in [0.25, 0.3) is 0 Å². The Morgan fingerprint density at radius 2 is 1.57 bits per heavy atom. The molecule has 3 amide bonds. The van der Waals surface area contributed by atoms with Crippen LogP contribution < -0.4 is 0 Å². The second-order valence-electron chi connectivity index (χ2n) is 8.01. The fourth-order valence-electron chi connectivity index (χ4n) is 4.64. The Bertz CT molecular complexity index is 752. The molecule has 0 N–H and O–H groups in total. The average Bonchev–Trinajstić information content (AvgIpc) is 2.95. The van der Waals surface area contributed by atoms with Crippen LogP contribution in [0, 0.1) is 17.7 Å². The van der Waals surface area contributed by atoms with Gasteiger partial charge in [0.2, 0.25) is 17.7 Å². The number of likely N-dealkylation sites (tertiary alicyclic amines) is 1. The fraction of sp³-hybridized carbons (Fsp3) is 0.571. The molecule has 2 saturated heterocycles. The van der Waals surface area contributed by atoms with Gasteiger partial charge in [-0.15, -0.1) is 0 Å². The molecule has 2 aliphatic heterocycles. The van der Waals surface area contributed by atoms with E-state index in [9.17, 15) is 18.8 Å². The monoisotopic (exact) mass is 387 g/mol. The SMILES string of the molecule is O=C(CN1C(=O)[C@H]2CCCC[C@@H]2C1=O)N1CCN(Cc2ccccc2F)CC1. The quantitative estimate of drug-likeness (QED) is 0.737. The Kier molecular flexibility index (Phi) is 5.44. The van der Waals surface area contributed by atoms with E-state index in [1.54, 1.807) is 17.0 Å². The number of hydrogen-bond acceptors (Lipinski definition) is 4. The van der Waals surface area contributed by atoms with Crippen molar-refractivity contribution in [1.29, 1.82) is 0 Å². The van der Waals surface area contributed by atoms with Crippen molar-refractivity contribution >= 4 is 17.7 Å². The van der Waals surface area contributed by atoms with Crippen molar-refractivity contribution in [3.05, 3.63) is 35.6 Å². The molecule has 2 atom stereocenters. The lowest BCUT2D eigenvalue weighted by molar-refractivity contribution is -0.147. The van der Waals surface area contributed by atoms with E-state index < -0.39 is 0 Å². The predicted octanol–water partition coefficient (Wildman–Crippen LogP) is 1.65. The van der Waals surface area contributed by atoms with Gasteiger partial charge in [0.15, 0.2) is 0 Å². The second-order valence-corrected chi connectivity index (χ2v) is 8.01. The number of benzene rings is 1. The van der Waals surface area contributed by atoms with Crippen molar-refractivity contribution in [2.75, 3.05) is 32.7 Å². The first-order chi connectivity index (χ1) is 13.5. The Hall–Kier alpha value is -2.28. The zero-order valence-corrected chi connectivity index (χ0v) is 16.0. The molecule has 0 radical (unpaired) electrons. The van der Waals surface area contributed by atoms with E-state index >= 15 is 0 Å². The highest BCUT2D eigenvalue weighted by Crippen LogP contribution is 2.37. The first-order valence-electron chi connectivity index (χ1n) is 10.1. The number of imide groups is 1. The van der Waals surface area contributed by atoms with Crippen LogP contribution in [0.1, 0.15) is 31.2 Å². The zero-order chi connectivity index (χ0) is 19.7. The van der Waals surface area contributed by atoms with Crippen LogP contribution in [-0.2, 0) is 20.9 Å². The highest BCUT2D eigenvalue weighted by Gasteiger charge is 2.48. The Labute approximate surface area is 164 Å². The second kappa shape index (κ2) is 7.99. The number of piperazine rings is 1. The van der Waals surface area contributed by atoms with Crippen LogP contribution in [0.3, 0.4) is 0 Å². The summed E-state index contributed by atoms with van der Waals surface area (Å²) in [7, 11) is 0. The molecule has 0 spiro atoms. The van der Waals surface area contributed by atoms with Gasteiger partial charge in [-0.05, 0) is 18.9 Å². The van der Waals surface area contributed by atoms with Gasteiger partial charge in [0.25, 0.3) is 0 Å². The van der Waals surface area contributed by atoms with Gasteiger partial charge < -0.3 is 4.90 Å². The molecule has 1 saturated carbocycles. The highest BCUT2D eigenvalue weighted by atomic mass is 19.1. The first kappa shape index (κ1) is 19.1. The van der Waals surface area contributed by atoms with E-state index in [0.29, 0.717) is 38.3 Å². The molecule has 0 unspecified atom stereocenters. The van der Waals surface area contributed by atoms with E-state index in [1.807, 2.05) is 6.07 Å². The van der Waals surface area contributed by atoms with Gasteiger partial charge in [-0.1, -0.05) is 31.0 Å². The molecule has 2 heterocycles. The molecule has 0 aromatic heterocycles. The van der Waals surface area contributed by atoms with Crippen LogP contribution >= 0.6 is 0 Å². The molecule has 0 bridgehead atoms. The lowest BCUT2D eigenvalue weighted by Crippen LogP contribution is -2.51. The van der Waals surface area contributed by atoms with E-state index in [0.717, 1.165) is 25.7 Å². The molecular formula is C21H26FN3O3. The average molecular weight is 387 g/mol. The minimum absolute atomic E-state index is 0.141. The third kappa shape index (κ3) is 3.68. The minimum atomic E-state index is -0.216. The first-order valence-corrected chi connectivity index (χ1v) is 10.1. The maximum absolute atomic E-state index is 13.8. The topological polar surface area (TPSA) is 60.9 Å². The predicted molar refractivity (Wildman–Crippen MR) is 100 cm³/mol. The third-order valence-electron chi connectivity index (χ3n) is 6.30. The number of nitrogens with zero attached hydrogens (tertiary/aromatic N) is 3. The Morgan fingerprint density at radius 1 is 0.964 bits per heavy atom. The summed E-state index contributed by atoms with van der Waals surface area (Å²) < 4.78 is 13.8. The standard InChI is InChI=1S/C21H26FN3O3/c22-18-8-4-1-5-15(18)13-23-9-11-24(12-10-23)19(26)14-25-20(27)16-6-2-3-7-17(16)21(25)28/h1,4-5,8,16-17H,2-3,6-7,9-14H2/t16-,17-/m0/s1. The number of carbonyl (C=O) groups is 3. The number of halogens is 1. The lowest BCUT2D eigenvalue weighted by atomic mass is 9.81. The van der Waals surface area contributed by atoms with Crippen LogP contribution in [0.2, 0.25) is 0 Å². The van der Waals surface area contributed by atoms with Crippen LogP contribution in [-0.4, -0.2) is 65.1 Å². The molecule has 1 aromatic rings. The van der Waals surface area contributed by atoms with E-state index in [1.165, 1.54) is 11.0 Å². The van der Waals surface area contributed by atoms with Crippen molar-refractivity contribution in [2.24, 2.45) is 11.8 Å². The van der Waals surface area contributed by atoms with Crippen molar-refractivity contribution in [1.82, 2.24) is 14.7 Å². The Balaban J connectivity index is 1.30. The van der Waals surface area contributed by atoms with Gasteiger partial charge in [0.1, 0.15) is 12.4 Å². The van der Waals surface area contributed by atoms with Crippen molar-refractivity contribution < 1.29 is 18.8 Å². The molecule has 7 heteroatoms. The molecule has 1 aromatic carbocycles. The summed E-state index contributed by atoms with van der Waals surface area (Å²) in [5.74, 6) is -1.15. The van der Waals surface area contributed by atoms with Crippen molar-refractivity contribution in [3.8, 4) is 0 Å². The number of hydrogen-bond donors (Lipinski definition) is 0. The van der Waals surface area contributed by atoms with Gasteiger partial charge in [0, 0.05) is 38.3 Å². The van der Waals surface area contributed by atoms with Gasteiger partial charge in [-0.2, -0.15) is 0 Å². The highest BCUT2D eigenvalue weighted by molar-refractivity contribution is 6.07. The summed E-state index contributed by atoms with van der Waals surface area (Å²) >= 11 is 0. The lowest BCUT2D eigenvalue weighted by Gasteiger charge is -2.35. The van der Waals surface area contributed by atoms with Crippen molar-refractivity contribution in [3.63, 3.8) is 0 Å². The largest absolute Gasteiger partial charge is 0.339 e. The fourth-order valence-corrected chi connectivity index (χ4v) is 4.64. The zero-order valence-electron chi connectivity index (χ0n) is 16.0. The maximum atomic E-state index is 13.8. The van der Waals surface area contributed by atoms with Crippen molar-refractivity contribution in [2.45, 2.75) is 32.2 Å². The van der Waals surface area contributed by atoms with Gasteiger partial charge >= 0.3 is 0 Å². The van der Waals surface area contributed by atoms with E-state index in [2.05, 4.69) is 4.90 Å². The molecular weight excluding hydrogens is 361 g/mol. The van der Waals surface area contributed by atoms with Gasteiger partial charge in [-0.25, -0.2) is 4.39 Å². The summed E-state index contributed by atoms with van der Waals surface area (Å²) in [6.07, 6.45) is 3.47. The number of amides is 3. The maximum Gasteiger partial charge on any atom is 0.242 e. The minimum Gasteiger partial charge on any atom is -0.339 e. The molecule has 3 aliphatic rings. The molecule has 150 valence electrons. The van der Waals surface area contributed by atoms with E-state index in [4.69, 9.17) is 0 Å². The van der Waals surface area contributed by atoms with E-state index in [-0.39, 0.29) is 41.9 Å². The smallest absolute Gasteiger partial charge is 0.242 e. The molecule has 3 fully saturated rings. The summed E-state index contributed by atoms with van der Waals surface area (Å²) in [5.41, 5.74) is 0.651. The Morgan fingerprint density at radius 3 is 2.18 bits per heavy atom. The third-order valence-corrected chi connectivity index (χ3v) is 6.30. The van der Waals surface area contributed by atoms with Crippen LogP contribution in [0.4, 0.5) is 4.39 Å². The number of rotatable bonds is 4. The molecule has 6 nitrogen and oxygen atoms in total. The summed E-state index contributed by atoms with van der Waals surface area (Å²) in [5, 5.41) is 0. The van der Waals surface area contributed by atoms with Crippen LogP contribution in [0.5, 0.6) is 0 Å². The molecule has 28 heavy (non-hydrogen) atoms. The van der Waals surface area contributed by atoms with Crippen LogP contribution in [0.15, 0.2) is 24.3 Å². The number of fused-ring (bicyclic) bond motifs is 1.